The summed E-state index contributed by atoms with van der Waals surface area (Å²) in [7, 11) is 0. The molecule has 2 rings (SSSR count). The summed E-state index contributed by atoms with van der Waals surface area (Å²) < 4.78 is 5.91. The van der Waals surface area contributed by atoms with Crippen LogP contribution in [0.4, 0.5) is 0 Å². The number of pyridine rings is 1. The normalized spacial score (nSPS) is 13.9. The predicted molar refractivity (Wildman–Crippen MR) is 69.9 cm³/mol. The molecule has 1 aromatic heterocycles. The molecular weight excluding hydrogens is 210 g/mol. The van der Waals surface area contributed by atoms with Gasteiger partial charge in [0.2, 0.25) is 0 Å². The van der Waals surface area contributed by atoms with E-state index < -0.39 is 5.60 Å². The summed E-state index contributed by atoms with van der Waals surface area (Å²) in [5, 5.41) is 1.06. The average Bonchev–Trinajstić information content (AvgIpc) is 2.39. The Morgan fingerprint density at radius 1 is 1.35 bits per heavy atom. The lowest BCUT2D eigenvalue weighted by Crippen LogP contribution is -2.29. The van der Waals surface area contributed by atoms with Crippen molar-refractivity contribution in [2.24, 2.45) is 0 Å². The maximum Gasteiger partial charge on any atom is 0.166 e. The number of benzene rings is 1. The number of hydrogen-bond donors (Lipinski definition) is 0. The fourth-order valence-corrected chi connectivity index (χ4v) is 1.60. The van der Waals surface area contributed by atoms with Crippen molar-refractivity contribution < 1.29 is 4.74 Å². The molecule has 1 unspecified atom stereocenters. The molecule has 0 aliphatic heterocycles. The van der Waals surface area contributed by atoms with Crippen LogP contribution in [0.2, 0.25) is 0 Å². The Hall–Kier alpha value is -2.01. The summed E-state index contributed by atoms with van der Waals surface area (Å²) in [5.74, 6) is 3.43. The van der Waals surface area contributed by atoms with Crippen LogP contribution in [0, 0.1) is 12.3 Å². The van der Waals surface area contributed by atoms with Crippen molar-refractivity contribution in [3.05, 3.63) is 36.5 Å². The smallest absolute Gasteiger partial charge is 0.166 e. The van der Waals surface area contributed by atoms with Gasteiger partial charge in [-0.2, -0.15) is 0 Å². The molecule has 0 saturated carbocycles. The Balaban J connectivity index is 2.47. The van der Waals surface area contributed by atoms with Crippen LogP contribution in [0.5, 0.6) is 5.75 Å². The monoisotopic (exact) mass is 225 g/mol. The minimum absolute atomic E-state index is 0.578. The number of hydrogen-bond acceptors (Lipinski definition) is 2. The van der Waals surface area contributed by atoms with Gasteiger partial charge in [-0.25, -0.2) is 0 Å². The predicted octanol–water partition coefficient (Wildman–Crippen LogP) is 3.42. The van der Waals surface area contributed by atoms with Gasteiger partial charge in [0.15, 0.2) is 5.60 Å². The lowest BCUT2D eigenvalue weighted by Gasteiger charge is -2.24. The van der Waals surface area contributed by atoms with E-state index >= 15 is 0 Å². The third-order valence-corrected chi connectivity index (χ3v) is 2.91. The Kier molecular flexibility index (Phi) is 3.01. The fraction of sp³-hybridized carbons (Fsp3) is 0.267. The minimum atomic E-state index is -0.578. The van der Waals surface area contributed by atoms with Gasteiger partial charge in [-0.1, -0.05) is 31.0 Å². The Morgan fingerprint density at radius 2 is 2.12 bits per heavy atom. The summed E-state index contributed by atoms with van der Waals surface area (Å²) in [4.78, 5) is 4.34. The zero-order valence-electron chi connectivity index (χ0n) is 10.1. The van der Waals surface area contributed by atoms with Crippen molar-refractivity contribution in [2.45, 2.75) is 25.9 Å². The SMILES string of the molecule is C#CC(C)(CC)Oc1cccc2cccnc12. The van der Waals surface area contributed by atoms with Crippen molar-refractivity contribution in [1.29, 1.82) is 0 Å². The number of rotatable bonds is 3. The third kappa shape index (κ3) is 2.24. The molecule has 2 aromatic rings. The van der Waals surface area contributed by atoms with Crippen LogP contribution in [-0.4, -0.2) is 10.6 Å². The second kappa shape index (κ2) is 4.47. The van der Waals surface area contributed by atoms with E-state index in [1.807, 2.05) is 44.2 Å². The standard InChI is InChI=1S/C15H15NO/c1-4-15(3,5-2)17-13-10-6-8-12-9-7-11-16-14(12)13/h1,6-11H,5H2,2-3H3. The first kappa shape index (κ1) is 11.5. The van der Waals surface area contributed by atoms with Gasteiger partial charge in [-0.3, -0.25) is 4.98 Å². The summed E-state index contributed by atoms with van der Waals surface area (Å²) in [5.41, 5.74) is 0.274. The molecule has 0 N–H and O–H groups in total. The minimum Gasteiger partial charge on any atom is -0.473 e. The molecule has 0 amide bonds. The highest BCUT2D eigenvalue weighted by molar-refractivity contribution is 5.84. The highest BCUT2D eigenvalue weighted by Crippen LogP contribution is 2.27. The van der Waals surface area contributed by atoms with Crippen LogP contribution in [0.3, 0.4) is 0 Å². The third-order valence-electron chi connectivity index (χ3n) is 2.91. The first-order chi connectivity index (χ1) is 8.18. The molecule has 0 radical (unpaired) electrons. The number of ether oxygens (including phenoxy) is 1. The first-order valence-corrected chi connectivity index (χ1v) is 5.69. The molecule has 0 bridgehead atoms. The molecule has 2 nitrogen and oxygen atoms in total. The molecule has 0 aliphatic carbocycles. The molecule has 0 spiro atoms. The lowest BCUT2D eigenvalue weighted by molar-refractivity contribution is 0.149. The fourth-order valence-electron chi connectivity index (χ4n) is 1.60. The van der Waals surface area contributed by atoms with Gasteiger partial charge < -0.3 is 4.74 Å². The van der Waals surface area contributed by atoms with E-state index in [9.17, 15) is 0 Å². The van der Waals surface area contributed by atoms with Crippen molar-refractivity contribution in [2.75, 3.05) is 0 Å². The van der Waals surface area contributed by atoms with Gasteiger partial charge in [0, 0.05) is 11.6 Å². The molecule has 0 fully saturated rings. The number of para-hydroxylation sites is 1. The van der Waals surface area contributed by atoms with E-state index in [0.29, 0.717) is 0 Å². The lowest BCUT2D eigenvalue weighted by atomic mass is 10.0. The second-order valence-electron chi connectivity index (χ2n) is 4.16. The van der Waals surface area contributed by atoms with Crippen LogP contribution >= 0.6 is 0 Å². The quantitative estimate of drug-likeness (QED) is 0.747. The van der Waals surface area contributed by atoms with E-state index in [2.05, 4.69) is 10.9 Å². The van der Waals surface area contributed by atoms with E-state index in [0.717, 1.165) is 23.1 Å². The van der Waals surface area contributed by atoms with E-state index in [4.69, 9.17) is 11.2 Å². The molecule has 2 heteroatoms. The Bertz CT molecular complexity index is 565. The van der Waals surface area contributed by atoms with Gasteiger partial charge in [0.25, 0.3) is 0 Å². The van der Waals surface area contributed by atoms with Gasteiger partial charge in [-0.05, 0) is 25.5 Å². The molecule has 17 heavy (non-hydrogen) atoms. The molecule has 1 atom stereocenters. The zero-order chi connectivity index (χ0) is 12.3. The van der Waals surface area contributed by atoms with Crippen molar-refractivity contribution >= 4 is 10.9 Å². The Labute approximate surface area is 102 Å². The van der Waals surface area contributed by atoms with Crippen LogP contribution in [0.15, 0.2) is 36.5 Å². The number of terminal acetylenes is 1. The largest absolute Gasteiger partial charge is 0.473 e. The molecule has 86 valence electrons. The van der Waals surface area contributed by atoms with Crippen molar-refractivity contribution in [3.8, 4) is 18.1 Å². The van der Waals surface area contributed by atoms with Crippen LogP contribution in [0.25, 0.3) is 10.9 Å². The molecule has 0 saturated heterocycles. The van der Waals surface area contributed by atoms with E-state index in [1.54, 1.807) is 6.20 Å². The van der Waals surface area contributed by atoms with E-state index in [-0.39, 0.29) is 0 Å². The van der Waals surface area contributed by atoms with Gasteiger partial charge >= 0.3 is 0 Å². The van der Waals surface area contributed by atoms with E-state index in [1.165, 1.54) is 0 Å². The molecule has 1 heterocycles. The zero-order valence-corrected chi connectivity index (χ0v) is 10.1. The summed E-state index contributed by atoms with van der Waals surface area (Å²) >= 11 is 0. The van der Waals surface area contributed by atoms with Gasteiger partial charge in [0.1, 0.15) is 11.3 Å². The van der Waals surface area contributed by atoms with Gasteiger partial charge in [0.05, 0.1) is 0 Å². The van der Waals surface area contributed by atoms with Crippen molar-refractivity contribution in [3.63, 3.8) is 0 Å². The highest BCUT2D eigenvalue weighted by Gasteiger charge is 2.21. The maximum absolute atomic E-state index is 5.91. The Morgan fingerprint density at radius 3 is 2.82 bits per heavy atom. The van der Waals surface area contributed by atoms with Crippen LogP contribution in [-0.2, 0) is 0 Å². The van der Waals surface area contributed by atoms with Crippen LogP contribution < -0.4 is 4.74 Å². The number of aromatic nitrogens is 1. The maximum atomic E-state index is 5.91. The van der Waals surface area contributed by atoms with Gasteiger partial charge in [-0.15, -0.1) is 6.42 Å². The first-order valence-electron chi connectivity index (χ1n) is 5.69. The van der Waals surface area contributed by atoms with Crippen LogP contribution in [0.1, 0.15) is 20.3 Å². The number of nitrogens with zero attached hydrogens (tertiary/aromatic N) is 1. The number of fused-ring (bicyclic) bond motifs is 1. The second-order valence-corrected chi connectivity index (χ2v) is 4.16. The molecule has 0 aliphatic rings. The summed E-state index contributed by atoms with van der Waals surface area (Å²) in [6, 6.07) is 9.78. The summed E-state index contributed by atoms with van der Waals surface area (Å²) in [6.45, 7) is 3.92. The molecular formula is C15H15NO. The van der Waals surface area contributed by atoms with Crippen molar-refractivity contribution in [1.82, 2.24) is 4.98 Å². The topological polar surface area (TPSA) is 22.1 Å². The summed E-state index contributed by atoms with van der Waals surface area (Å²) in [6.07, 6.45) is 8.03. The highest BCUT2D eigenvalue weighted by atomic mass is 16.5. The average molecular weight is 225 g/mol. The molecule has 1 aromatic carbocycles.